The van der Waals surface area contributed by atoms with Gasteiger partial charge < -0.3 is 15.7 Å². The predicted octanol–water partition coefficient (Wildman–Crippen LogP) is 3.51. The van der Waals surface area contributed by atoms with Crippen LogP contribution in [0.3, 0.4) is 0 Å². The van der Waals surface area contributed by atoms with Gasteiger partial charge in [0.05, 0.1) is 5.02 Å². The van der Waals surface area contributed by atoms with E-state index in [9.17, 15) is 8.78 Å². The van der Waals surface area contributed by atoms with E-state index in [4.69, 9.17) is 27.3 Å². The Morgan fingerprint density at radius 1 is 1.15 bits per heavy atom. The maximum Gasteiger partial charge on any atom is 0.170 e. The van der Waals surface area contributed by atoms with Crippen LogP contribution in [0.25, 0.3) is 0 Å². The minimum atomic E-state index is -0.713. The monoisotopic (exact) mass is 298 g/mol. The van der Waals surface area contributed by atoms with Gasteiger partial charge in [0, 0.05) is 11.6 Å². The Bertz CT molecular complexity index is 677. The number of nitrogens with two attached hydrogens (primary N) is 1. The van der Waals surface area contributed by atoms with Crippen molar-refractivity contribution in [2.75, 3.05) is 0 Å². The SMILES string of the molecule is NC(=NO)c1ccc(Oc2ccc(F)c(Cl)c2)c(F)c1. The normalized spacial score (nSPS) is 11.4. The first-order chi connectivity index (χ1) is 9.51. The van der Waals surface area contributed by atoms with Crippen molar-refractivity contribution in [2.24, 2.45) is 10.9 Å². The maximum absolute atomic E-state index is 13.8. The van der Waals surface area contributed by atoms with Gasteiger partial charge in [-0.2, -0.15) is 0 Å². The van der Waals surface area contributed by atoms with Crippen LogP contribution in [0.15, 0.2) is 41.6 Å². The van der Waals surface area contributed by atoms with E-state index in [1.54, 1.807) is 0 Å². The van der Waals surface area contributed by atoms with Gasteiger partial charge in [0.1, 0.15) is 11.6 Å². The van der Waals surface area contributed by atoms with Crippen LogP contribution in [0, 0.1) is 11.6 Å². The van der Waals surface area contributed by atoms with E-state index in [2.05, 4.69) is 5.16 Å². The molecule has 0 aliphatic heterocycles. The van der Waals surface area contributed by atoms with Crippen molar-refractivity contribution >= 4 is 17.4 Å². The zero-order chi connectivity index (χ0) is 14.7. The highest BCUT2D eigenvalue weighted by Gasteiger charge is 2.09. The van der Waals surface area contributed by atoms with Gasteiger partial charge in [-0.1, -0.05) is 16.8 Å². The zero-order valence-electron chi connectivity index (χ0n) is 9.98. The van der Waals surface area contributed by atoms with Gasteiger partial charge >= 0.3 is 0 Å². The highest BCUT2D eigenvalue weighted by Crippen LogP contribution is 2.28. The first-order valence-electron chi connectivity index (χ1n) is 5.41. The molecular weight excluding hydrogens is 290 g/mol. The van der Waals surface area contributed by atoms with E-state index in [0.29, 0.717) is 0 Å². The van der Waals surface area contributed by atoms with Crippen molar-refractivity contribution in [3.8, 4) is 11.5 Å². The van der Waals surface area contributed by atoms with Crippen LogP contribution in [0.2, 0.25) is 5.02 Å². The van der Waals surface area contributed by atoms with E-state index in [1.165, 1.54) is 24.3 Å². The maximum atomic E-state index is 13.8. The van der Waals surface area contributed by atoms with Crippen molar-refractivity contribution in [1.29, 1.82) is 0 Å². The second-order valence-corrected chi connectivity index (χ2v) is 4.22. The van der Waals surface area contributed by atoms with Gasteiger partial charge in [-0.15, -0.1) is 0 Å². The summed E-state index contributed by atoms with van der Waals surface area (Å²) in [6.07, 6.45) is 0. The van der Waals surface area contributed by atoms with Crippen LogP contribution in [0.1, 0.15) is 5.56 Å². The van der Waals surface area contributed by atoms with E-state index in [0.717, 1.165) is 12.1 Å². The second kappa shape index (κ2) is 5.75. The Kier molecular flexibility index (Phi) is 4.05. The topological polar surface area (TPSA) is 67.8 Å². The molecule has 3 N–H and O–H groups in total. The molecule has 2 aromatic rings. The summed E-state index contributed by atoms with van der Waals surface area (Å²) in [5.41, 5.74) is 5.54. The molecule has 4 nitrogen and oxygen atoms in total. The number of oxime groups is 1. The van der Waals surface area contributed by atoms with Crippen LogP contribution < -0.4 is 10.5 Å². The van der Waals surface area contributed by atoms with E-state index >= 15 is 0 Å². The molecule has 2 rings (SSSR count). The lowest BCUT2D eigenvalue weighted by atomic mass is 10.2. The summed E-state index contributed by atoms with van der Waals surface area (Å²) in [7, 11) is 0. The number of rotatable bonds is 3. The number of halogens is 3. The highest BCUT2D eigenvalue weighted by atomic mass is 35.5. The minimum absolute atomic E-state index is 0.0952. The Balaban J connectivity index is 2.28. The summed E-state index contributed by atoms with van der Waals surface area (Å²) in [5.74, 6) is -1.44. The number of benzene rings is 2. The fourth-order valence-electron chi connectivity index (χ4n) is 1.47. The first kappa shape index (κ1) is 14.1. The number of ether oxygens (including phenoxy) is 1. The molecule has 0 aliphatic carbocycles. The number of amidine groups is 1. The number of hydrogen-bond donors (Lipinski definition) is 2. The molecule has 0 heterocycles. The fourth-order valence-corrected chi connectivity index (χ4v) is 1.64. The molecule has 0 amide bonds. The van der Waals surface area contributed by atoms with Crippen molar-refractivity contribution in [3.63, 3.8) is 0 Å². The lowest BCUT2D eigenvalue weighted by Crippen LogP contribution is -2.13. The average molecular weight is 299 g/mol. The van der Waals surface area contributed by atoms with E-state index in [1.807, 2.05) is 0 Å². The van der Waals surface area contributed by atoms with Gasteiger partial charge in [0.15, 0.2) is 17.4 Å². The molecule has 0 aliphatic rings. The Labute approximate surface area is 118 Å². The molecule has 0 spiro atoms. The average Bonchev–Trinajstić information content (AvgIpc) is 2.44. The largest absolute Gasteiger partial charge is 0.454 e. The van der Waals surface area contributed by atoms with Crippen molar-refractivity contribution in [3.05, 3.63) is 58.6 Å². The minimum Gasteiger partial charge on any atom is -0.454 e. The molecule has 0 bridgehead atoms. The summed E-state index contributed by atoms with van der Waals surface area (Å²) in [6.45, 7) is 0. The fraction of sp³-hybridized carbons (Fsp3) is 0. The summed E-state index contributed by atoms with van der Waals surface area (Å²) in [4.78, 5) is 0. The lowest BCUT2D eigenvalue weighted by Gasteiger charge is -2.08. The molecule has 104 valence electrons. The van der Waals surface area contributed by atoms with Crippen LogP contribution in [0.5, 0.6) is 11.5 Å². The Morgan fingerprint density at radius 2 is 1.90 bits per heavy atom. The molecule has 0 radical (unpaired) electrons. The highest BCUT2D eigenvalue weighted by molar-refractivity contribution is 6.30. The standard InChI is InChI=1S/C13H9ClF2N2O2/c14-9-6-8(2-3-10(9)15)20-12-4-1-7(5-11(12)16)13(17)18-19/h1-6,19H,(H2,17,18). The summed E-state index contributed by atoms with van der Waals surface area (Å²) in [6, 6.07) is 7.43. The summed E-state index contributed by atoms with van der Waals surface area (Å²) < 4.78 is 32.0. The van der Waals surface area contributed by atoms with Crippen molar-refractivity contribution in [1.82, 2.24) is 0 Å². The van der Waals surface area contributed by atoms with Crippen LogP contribution in [0.4, 0.5) is 8.78 Å². The quantitative estimate of drug-likeness (QED) is 0.394. The first-order valence-corrected chi connectivity index (χ1v) is 5.79. The third kappa shape index (κ3) is 2.97. The molecule has 0 atom stereocenters. The summed E-state index contributed by atoms with van der Waals surface area (Å²) in [5, 5.41) is 11.1. The van der Waals surface area contributed by atoms with Crippen molar-refractivity contribution in [2.45, 2.75) is 0 Å². The van der Waals surface area contributed by atoms with Crippen LogP contribution in [-0.2, 0) is 0 Å². The molecule has 0 fully saturated rings. The molecule has 0 unspecified atom stereocenters. The summed E-state index contributed by atoms with van der Waals surface area (Å²) >= 11 is 5.60. The smallest absolute Gasteiger partial charge is 0.170 e. The van der Waals surface area contributed by atoms with Crippen molar-refractivity contribution < 1.29 is 18.7 Å². The Hall–Kier alpha value is -2.34. The zero-order valence-corrected chi connectivity index (χ0v) is 10.7. The second-order valence-electron chi connectivity index (χ2n) is 3.81. The molecule has 20 heavy (non-hydrogen) atoms. The molecule has 7 heteroatoms. The predicted molar refractivity (Wildman–Crippen MR) is 70.4 cm³/mol. The van der Waals surface area contributed by atoms with E-state index < -0.39 is 11.6 Å². The van der Waals surface area contributed by atoms with Gasteiger partial charge in [0.25, 0.3) is 0 Å². The molecule has 0 saturated carbocycles. The van der Waals surface area contributed by atoms with Gasteiger partial charge in [-0.3, -0.25) is 0 Å². The third-order valence-electron chi connectivity index (χ3n) is 2.45. The number of hydrogen-bond acceptors (Lipinski definition) is 3. The van der Waals surface area contributed by atoms with Gasteiger partial charge in [-0.05, 0) is 30.3 Å². The van der Waals surface area contributed by atoms with Gasteiger partial charge in [-0.25, -0.2) is 8.78 Å². The van der Waals surface area contributed by atoms with Crippen LogP contribution >= 0.6 is 11.6 Å². The third-order valence-corrected chi connectivity index (χ3v) is 2.74. The van der Waals surface area contributed by atoms with Gasteiger partial charge in [0.2, 0.25) is 0 Å². The number of nitrogens with zero attached hydrogens (tertiary/aromatic N) is 1. The lowest BCUT2D eigenvalue weighted by molar-refractivity contribution is 0.318. The Morgan fingerprint density at radius 3 is 2.50 bits per heavy atom. The molecular formula is C13H9ClF2N2O2. The van der Waals surface area contributed by atoms with Crippen LogP contribution in [-0.4, -0.2) is 11.0 Å². The molecule has 0 saturated heterocycles. The molecule has 0 aromatic heterocycles. The molecule has 2 aromatic carbocycles. The van der Waals surface area contributed by atoms with E-state index in [-0.39, 0.29) is 27.9 Å².